The van der Waals surface area contributed by atoms with Gasteiger partial charge in [0.2, 0.25) is 5.91 Å². The summed E-state index contributed by atoms with van der Waals surface area (Å²) in [5.74, 6) is 0.283. The lowest BCUT2D eigenvalue weighted by Gasteiger charge is -2.17. The summed E-state index contributed by atoms with van der Waals surface area (Å²) in [5.41, 5.74) is 2.73. The molecule has 1 N–H and O–H groups in total. The molecule has 8 nitrogen and oxygen atoms in total. The summed E-state index contributed by atoms with van der Waals surface area (Å²) in [6.07, 6.45) is 1.26. The Balaban J connectivity index is 1.48. The van der Waals surface area contributed by atoms with Crippen molar-refractivity contribution in [2.75, 3.05) is 18.2 Å². The molecule has 4 aromatic rings. The summed E-state index contributed by atoms with van der Waals surface area (Å²) in [6.45, 7) is 8.06. The van der Waals surface area contributed by atoms with Gasteiger partial charge < -0.3 is 14.8 Å². The lowest BCUT2D eigenvalue weighted by atomic mass is 10.0. The second-order valence-corrected chi connectivity index (χ2v) is 11.3. The Morgan fingerprint density at radius 1 is 1.20 bits per heavy atom. The summed E-state index contributed by atoms with van der Waals surface area (Å²) in [5, 5.41) is 15.2. The van der Waals surface area contributed by atoms with Gasteiger partial charge in [-0.3, -0.25) is 9.36 Å². The highest BCUT2D eigenvalue weighted by atomic mass is 35.5. The van der Waals surface area contributed by atoms with Crippen LogP contribution in [0.4, 0.5) is 5.00 Å². The third-order valence-corrected chi connectivity index (χ3v) is 8.16. The normalized spacial score (nSPS) is 11.6. The molecule has 1 unspecified atom stereocenters. The van der Waals surface area contributed by atoms with Crippen LogP contribution in [-0.2, 0) is 16.1 Å². The fraction of sp³-hybridized carbons (Fsp3) is 0.214. The van der Waals surface area contributed by atoms with E-state index in [1.165, 1.54) is 30.2 Å². The summed E-state index contributed by atoms with van der Waals surface area (Å²) in [7, 11) is 1.30. The Morgan fingerprint density at radius 2 is 1.95 bits per heavy atom. The molecular formula is C28H26Cl2N4O4S2. The number of hydrogen-bond donors (Lipinski definition) is 1. The van der Waals surface area contributed by atoms with E-state index in [2.05, 4.69) is 22.1 Å². The van der Waals surface area contributed by atoms with E-state index in [0.29, 0.717) is 43.9 Å². The highest BCUT2D eigenvalue weighted by Gasteiger charge is 2.24. The van der Waals surface area contributed by atoms with Gasteiger partial charge in [0, 0.05) is 22.5 Å². The van der Waals surface area contributed by atoms with Gasteiger partial charge in [-0.1, -0.05) is 59.2 Å². The molecule has 40 heavy (non-hydrogen) atoms. The lowest BCUT2D eigenvalue weighted by Crippen LogP contribution is -2.17. The largest absolute Gasteiger partial charge is 0.481 e. The maximum absolute atomic E-state index is 12.9. The number of aromatic nitrogens is 3. The third-order valence-electron chi connectivity index (χ3n) is 5.73. The Morgan fingerprint density at radius 3 is 2.65 bits per heavy atom. The number of allylic oxidation sites excluding steroid dienone is 1. The lowest BCUT2D eigenvalue weighted by molar-refractivity contribution is -0.113. The number of thiophene rings is 1. The zero-order chi connectivity index (χ0) is 28.8. The number of carbonyl (C=O) groups excluding carboxylic acids is 2. The van der Waals surface area contributed by atoms with E-state index < -0.39 is 12.1 Å². The van der Waals surface area contributed by atoms with E-state index in [0.717, 1.165) is 11.1 Å². The van der Waals surface area contributed by atoms with E-state index in [4.69, 9.17) is 32.7 Å². The molecule has 4 rings (SSSR count). The first-order chi connectivity index (χ1) is 19.2. The molecule has 2 heterocycles. The van der Waals surface area contributed by atoms with Crippen LogP contribution in [0.15, 0.2) is 65.7 Å². The molecule has 0 bridgehead atoms. The minimum absolute atomic E-state index is 0.0308. The molecule has 0 radical (unpaired) electrons. The second kappa shape index (κ2) is 13.4. The number of aryl methyl sites for hydroxylation is 1. The van der Waals surface area contributed by atoms with Crippen molar-refractivity contribution in [2.24, 2.45) is 0 Å². The topological polar surface area (TPSA) is 95.3 Å². The minimum atomic E-state index is -0.549. The molecular weight excluding hydrogens is 591 g/mol. The van der Waals surface area contributed by atoms with E-state index >= 15 is 0 Å². The number of amides is 1. The van der Waals surface area contributed by atoms with Crippen molar-refractivity contribution in [3.63, 3.8) is 0 Å². The standard InChI is InChI=1S/C28H26Cl2N4O4S2/c1-5-12-34-25(17(3)38-22-13-16(2)6-11-21(22)30)32-33-28(34)40-15-23(35)31-26-24(27(36)37-4)20(14-39-26)18-7-9-19(29)10-8-18/h5-11,13-14,17H,1,12,15H2,2-4H3,(H,31,35). The van der Waals surface area contributed by atoms with Crippen LogP contribution in [0.1, 0.15) is 34.8 Å². The van der Waals surface area contributed by atoms with Gasteiger partial charge in [-0.05, 0) is 49.2 Å². The van der Waals surface area contributed by atoms with Crippen molar-refractivity contribution in [3.8, 4) is 16.9 Å². The van der Waals surface area contributed by atoms with Crippen molar-refractivity contribution < 1.29 is 19.1 Å². The van der Waals surface area contributed by atoms with Gasteiger partial charge in [-0.15, -0.1) is 28.1 Å². The predicted octanol–water partition coefficient (Wildman–Crippen LogP) is 7.47. The Hall–Kier alpha value is -3.31. The zero-order valence-corrected chi connectivity index (χ0v) is 25.1. The first-order valence-corrected chi connectivity index (χ1v) is 14.7. The molecule has 12 heteroatoms. The monoisotopic (exact) mass is 616 g/mol. The van der Waals surface area contributed by atoms with E-state index in [-0.39, 0.29) is 17.2 Å². The molecule has 208 valence electrons. The fourth-order valence-corrected chi connectivity index (χ4v) is 5.86. The number of hydrogen-bond acceptors (Lipinski definition) is 8. The summed E-state index contributed by atoms with van der Waals surface area (Å²) in [6, 6.07) is 12.6. The van der Waals surface area contributed by atoms with Crippen LogP contribution >= 0.6 is 46.3 Å². The number of benzene rings is 2. The van der Waals surface area contributed by atoms with Gasteiger partial charge in [-0.2, -0.15) is 0 Å². The maximum Gasteiger partial charge on any atom is 0.341 e. The van der Waals surface area contributed by atoms with E-state index in [1.54, 1.807) is 41.8 Å². The number of halogens is 2. The molecule has 1 amide bonds. The Kier molecular flexibility index (Phi) is 9.91. The first-order valence-electron chi connectivity index (χ1n) is 12.1. The van der Waals surface area contributed by atoms with Gasteiger partial charge in [0.25, 0.3) is 0 Å². The number of rotatable bonds is 11. The molecule has 2 aromatic carbocycles. The predicted molar refractivity (Wildman–Crippen MR) is 161 cm³/mol. The van der Waals surface area contributed by atoms with Gasteiger partial charge in [0.05, 0.1) is 17.9 Å². The van der Waals surface area contributed by atoms with Crippen LogP contribution in [0, 0.1) is 6.92 Å². The zero-order valence-electron chi connectivity index (χ0n) is 21.9. The van der Waals surface area contributed by atoms with Crippen LogP contribution < -0.4 is 10.1 Å². The highest BCUT2D eigenvalue weighted by Crippen LogP contribution is 2.37. The van der Waals surface area contributed by atoms with Crippen molar-refractivity contribution in [2.45, 2.75) is 31.7 Å². The van der Waals surface area contributed by atoms with Crippen LogP contribution in [-0.4, -0.2) is 39.5 Å². The Bertz CT molecular complexity index is 1540. The molecule has 0 aliphatic carbocycles. The summed E-state index contributed by atoms with van der Waals surface area (Å²) >= 11 is 14.8. The SMILES string of the molecule is C=CCn1c(SCC(=O)Nc2scc(-c3ccc(Cl)cc3)c2C(=O)OC)nnc1C(C)Oc1cc(C)ccc1Cl. The van der Waals surface area contributed by atoms with Gasteiger partial charge >= 0.3 is 5.97 Å². The number of thioether (sulfide) groups is 1. The summed E-state index contributed by atoms with van der Waals surface area (Å²) < 4.78 is 12.9. The molecule has 2 aromatic heterocycles. The van der Waals surface area contributed by atoms with Gasteiger partial charge in [-0.25, -0.2) is 4.79 Å². The number of nitrogens with zero attached hydrogens (tertiary/aromatic N) is 3. The van der Waals surface area contributed by atoms with E-state index in [1.807, 2.05) is 30.5 Å². The molecule has 0 spiro atoms. The average molecular weight is 618 g/mol. The van der Waals surface area contributed by atoms with Crippen molar-refractivity contribution >= 4 is 63.2 Å². The number of esters is 1. The highest BCUT2D eigenvalue weighted by molar-refractivity contribution is 7.99. The number of nitrogens with one attached hydrogen (secondary N) is 1. The average Bonchev–Trinajstić information content (AvgIpc) is 3.54. The second-order valence-electron chi connectivity index (χ2n) is 8.62. The molecule has 1 atom stereocenters. The van der Waals surface area contributed by atoms with Crippen molar-refractivity contribution in [1.29, 1.82) is 0 Å². The molecule has 0 aliphatic heterocycles. The number of carbonyl (C=O) groups is 2. The van der Waals surface area contributed by atoms with Crippen molar-refractivity contribution in [3.05, 3.63) is 87.5 Å². The number of ether oxygens (including phenoxy) is 2. The van der Waals surface area contributed by atoms with Gasteiger partial charge in [0.1, 0.15) is 16.3 Å². The van der Waals surface area contributed by atoms with Crippen LogP contribution in [0.25, 0.3) is 11.1 Å². The van der Waals surface area contributed by atoms with Crippen LogP contribution in [0.5, 0.6) is 5.75 Å². The first kappa shape index (κ1) is 29.7. The number of anilines is 1. The molecule has 0 saturated heterocycles. The Labute approximate surface area is 250 Å². The number of methoxy groups -OCH3 is 1. The summed E-state index contributed by atoms with van der Waals surface area (Å²) in [4.78, 5) is 25.6. The van der Waals surface area contributed by atoms with E-state index in [9.17, 15) is 9.59 Å². The van der Waals surface area contributed by atoms with Crippen LogP contribution in [0.3, 0.4) is 0 Å². The third kappa shape index (κ3) is 6.87. The molecule has 0 aliphatic rings. The molecule has 0 fully saturated rings. The maximum atomic E-state index is 12.9. The molecule has 0 saturated carbocycles. The van der Waals surface area contributed by atoms with Crippen molar-refractivity contribution in [1.82, 2.24) is 14.8 Å². The minimum Gasteiger partial charge on any atom is -0.481 e. The fourth-order valence-electron chi connectivity index (χ4n) is 3.84. The quantitative estimate of drug-likeness (QED) is 0.106. The van der Waals surface area contributed by atoms with Crippen LogP contribution in [0.2, 0.25) is 10.0 Å². The van der Waals surface area contributed by atoms with Gasteiger partial charge in [0.15, 0.2) is 17.1 Å². The smallest absolute Gasteiger partial charge is 0.341 e.